The van der Waals surface area contributed by atoms with Crippen molar-refractivity contribution < 1.29 is 19.0 Å². The fraction of sp³-hybridized carbons (Fsp3) is 0.222. The molecule has 3 aromatic rings. The Morgan fingerprint density at radius 2 is 2.15 bits per heavy atom. The van der Waals surface area contributed by atoms with E-state index in [1.165, 1.54) is 24.5 Å². The van der Waals surface area contributed by atoms with E-state index in [1.807, 2.05) is 0 Å². The maximum absolute atomic E-state index is 13.3. The Morgan fingerprint density at radius 1 is 1.27 bits per heavy atom. The monoisotopic (exact) mass is 375 g/mol. The van der Waals surface area contributed by atoms with Crippen molar-refractivity contribution in [3.05, 3.63) is 47.5 Å². The summed E-state index contributed by atoms with van der Waals surface area (Å²) in [5.74, 6) is 0.330. The molecular formula is C18H15ClFN3O3. The van der Waals surface area contributed by atoms with Crippen molar-refractivity contribution in [2.24, 2.45) is 0 Å². The fourth-order valence-electron chi connectivity index (χ4n) is 2.76. The summed E-state index contributed by atoms with van der Waals surface area (Å²) in [6.45, 7) is 1.13. The van der Waals surface area contributed by atoms with Gasteiger partial charge in [-0.1, -0.05) is 11.6 Å². The molecule has 134 valence electrons. The van der Waals surface area contributed by atoms with Crippen LogP contribution in [-0.4, -0.2) is 34.4 Å². The molecule has 0 spiro atoms. The van der Waals surface area contributed by atoms with Gasteiger partial charge in [-0.3, -0.25) is 0 Å². The lowest BCUT2D eigenvalue weighted by Gasteiger charge is -2.15. The number of fused-ring (bicyclic) bond motifs is 1. The first-order valence-corrected chi connectivity index (χ1v) is 8.42. The lowest BCUT2D eigenvalue weighted by Crippen LogP contribution is -2.15. The number of phenols is 1. The van der Waals surface area contributed by atoms with Crippen LogP contribution in [0.4, 0.5) is 15.9 Å². The molecule has 0 radical (unpaired) electrons. The predicted molar refractivity (Wildman–Crippen MR) is 95.7 cm³/mol. The SMILES string of the molecule is Oc1cc2ncnc(Nc3ccc(F)c(Cl)c3)c2cc1OC1CCOC1. The molecule has 1 aromatic heterocycles. The number of aromatic hydroxyl groups is 1. The molecule has 1 saturated heterocycles. The quantitative estimate of drug-likeness (QED) is 0.716. The molecule has 0 amide bonds. The van der Waals surface area contributed by atoms with Crippen molar-refractivity contribution >= 4 is 34.0 Å². The second kappa shape index (κ2) is 6.93. The highest BCUT2D eigenvalue weighted by atomic mass is 35.5. The largest absolute Gasteiger partial charge is 0.504 e. The third-order valence-corrected chi connectivity index (χ3v) is 4.37. The number of anilines is 2. The maximum atomic E-state index is 13.3. The minimum absolute atomic E-state index is 0.00104. The molecule has 1 unspecified atom stereocenters. The van der Waals surface area contributed by atoms with Gasteiger partial charge in [0.2, 0.25) is 0 Å². The zero-order chi connectivity index (χ0) is 18.1. The van der Waals surface area contributed by atoms with Crippen LogP contribution in [0.5, 0.6) is 11.5 Å². The summed E-state index contributed by atoms with van der Waals surface area (Å²) in [4.78, 5) is 8.41. The highest BCUT2D eigenvalue weighted by Gasteiger charge is 2.20. The number of ether oxygens (including phenoxy) is 2. The van der Waals surface area contributed by atoms with Gasteiger partial charge in [0, 0.05) is 23.6 Å². The van der Waals surface area contributed by atoms with Crippen molar-refractivity contribution in [3.63, 3.8) is 0 Å². The van der Waals surface area contributed by atoms with Crippen LogP contribution < -0.4 is 10.1 Å². The molecule has 1 fully saturated rings. The highest BCUT2D eigenvalue weighted by molar-refractivity contribution is 6.31. The zero-order valence-corrected chi connectivity index (χ0v) is 14.3. The van der Waals surface area contributed by atoms with Crippen molar-refractivity contribution in [3.8, 4) is 11.5 Å². The molecular weight excluding hydrogens is 361 g/mol. The summed E-state index contributed by atoms with van der Waals surface area (Å²) in [7, 11) is 0. The number of rotatable bonds is 4. The number of hydrogen-bond donors (Lipinski definition) is 2. The molecule has 2 heterocycles. The second-order valence-corrected chi connectivity index (χ2v) is 6.32. The topological polar surface area (TPSA) is 76.5 Å². The Hall–Kier alpha value is -2.64. The zero-order valence-electron chi connectivity index (χ0n) is 13.6. The van der Waals surface area contributed by atoms with Crippen LogP contribution in [0.1, 0.15) is 6.42 Å². The fourth-order valence-corrected chi connectivity index (χ4v) is 2.94. The first-order valence-electron chi connectivity index (χ1n) is 8.04. The summed E-state index contributed by atoms with van der Waals surface area (Å²) in [5.41, 5.74) is 1.12. The van der Waals surface area contributed by atoms with Gasteiger partial charge in [0.1, 0.15) is 24.1 Å². The van der Waals surface area contributed by atoms with Gasteiger partial charge in [-0.05, 0) is 24.3 Å². The molecule has 2 N–H and O–H groups in total. The first kappa shape index (κ1) is 16.8. The number of hydrogen-bond acceptors (Lipinski definition) is 6. The highest BCUT2D eigenvalue weighted by Crippen LogP contribution is 2.35. The summed E-state index contributed by atoms with van der Waals surface area (Å²) in [5, 5.41) is 14.0. The standard InChI is InChI=1S/C18H15ClFN3O3/c19-13-5-10(1-2-14(13)20)23-18-12-6-17(26-11-3-4-25-8-11)16(24)7-15(12)21-9-22-18/h1-2,5-7,9,11,24H,3-4,8H2,(H,21,22,23). The van der Waals surface area contributed by atoms with Crippen LogP contribution in [0.2, 0.25) is 5.02 Å². The average Bonchev–Trinajstić information content (AvgIpc) is 3.12. The third-order valence-electron chi connectivity index (χ3n) is 4.08. The van der Waals surface area contributed by atoms with E-state index < -0.39 is 5.82 Å². The molecule has 0 aliphatic carbocycles. The van der Waals surface area contributed by atoms with Crippen LogP contribution in [0, 0.1) is 5.82 Å². The van der Waals surface area contributed by atoms with Gasteiger partial charge in [0.25, 0.3) is 0 Å². The molecule has 1 atom stereocenters. The Labute approximate surface area is 153 Å². The molecule has 1 aliphatic rings. The lowest BCUT2D eigenvalue weighted by atomic mass is 10.2. The van der Waals surface area contributed by atoms with Crippen LogP contribution in [0.15, 0.2) is 36.7 Å². The molecule has 1 aliphatic heterocycles. The number of benzene rings is 2. The van der Waals surface area contributed by atoms with Crippen molar-refractivity contribution in [1.29, 1.82) is 0 Å². The van der Waals surface area contributed by atoms with E-state index in [1.54, 1.807) is 12.1 Å². The molecule has 0 bridgehead atoms. The summed E-state index contributed by atoms with van der Waals surface area (Å²) in [6, 6.07) is 7.50. The average molecular weight is 376 g/mol. The van der Waals surface area contributed by atoms with Gasteiger partial charge < -0.3 is 19.9 Å². The van der Waals surface area contributed by atoms with E-state index in [0.29, 0.717) is 41.4 Å². The Kier molecular flexibility index (Phi) is 4.48. The minimum atomic E-state index is -0.496. The summed E-state index contributed by atoms with van der Waals surface area (Å²) < 4.78 is 24.5. The van der Waals surface area contributed by atoms with Gasteiger partial charge in [0.15, 0.2) is 11.5 Å². The molecule has 2 aromatic carbocycles. The molecule has 0 saturated carbocycles. The number of phenolic OH excluding ortho intramolecular Hbond substituents is 1. The number of halogens is 2. The molecule has 6 nitrogen and oxygen atoms in total. The second-order valence-electron chi connectivity index (χ2n) is 5.92. The number of nitrogens with one attached hydrogen (secondary N) is 1. The van der Waals surface area contributed by atoms with E-state index in [4.69, 9.17) is 21.1 Å². The molecule has 4 rings (SSSR count). The Balaban J connectivity index is 1.70. The smallest absolute Gasteiger partial charge is 0.162 e. The van der Waals surface area contributed by atoms with Crippen LogP contribution >= 0.6 is 11.6 Å². The third kappa shape index (κ3) is 3.36. The normalized spacial score (nSPS) is 16.8. The minimum Gasteiger partial charge on any atom is -0.504 e. The van der Waals surface area contributed by atoms with Crippen LogP contribution in [0.3, 0.4) is 0 Å². The lowest BCUT2D eigenvalue weighted by molar-refractivity contribution is 0.139. The molecule has 26 heavy (non-hydrogen) atoms. The van der Waals surface area contributed by atoms with Gasteiger partial charge in [0.05, 0.1) is 23.8 Å². The van der Waals surface area contributed by atoms with Gasteiger partial charge in [-0.15, -0.1) is 0 Å². The van der Waals surface area contributed by atoms with E-state index >= 15 is 0 Å². The predicted octanol–water partition coefficient (Wildman–Crippen LogP) is 4.04. The van der Waals surface area contributed by atoms with Crippen molar-refractivity contribution in [2.75, 3.05) is 18.5 Å². The van der Waals surface area contributed by atoms with Crippen molar-refractivity contribution in [2.45, 2.75) is 12.5 Å². The number of nitrogens with zero attached hydrogens (tertiary/aromatic N) is 2. The van der Waals surface area contributed by atoms with E-state index in [0.717, 1.165) is 6.42 Å². The van der Waals surface area contributed by atoms with Crippen LogP contribution in [0.25, 0.3) is 10.9 Å². The van der Waals surface area contributed by atoms with Gasteiger partial charge >= 0.3 is 0 Å². The summed E-state index contributed by atoms with van der Waals surface area (Å²) >= 11 is 5.83. The maximum Gasteiger partial charge on any atom is 0.162 e. The van der Waals surface area contributed by atoms with Crippen LogP contribution in [-0.2, 0) is 4.74 Å². The number of aromatic nitrogens is 2. The Bertz CT molecular complexity index is 964. The first-order chi connectivity index (χ1) is 12.6. The van der Waals surface area contributed by atoms with E-state index in [2.05, 4.69) is 15.3 Å². The molecule has 8 heteroatoms. The summed E-state index contributed by atoms with van der Waals surface area (Å²) in [6.07, 6.45) is 2.04. The Morgan fingerprint density at radius 3 is 2.92 bits per heavy atom. The van der Waals surface area contributed by atoms with Crippen molar-refractivity contribution in [1.82, 2.24) is 9.97 Å². The van der Waals surface area contributed by atoms with E-state index in [9.17, 15) is 9.50 Å². The van der Waals surface area contributed by atoms with Gasteiger partial charge in [-0.25, -0.2) is 14.4 Å². The van der Waals surface area contributed by atoms with Gasteiger partial charge in [-0.2, -0.15) is 0 Å². The van der Waals surface area contributed by atoms with E-state index in [-0.39, 0.29) is 16.9 Å².